The number of carbonyl (C=O) groups excluding carboxylic acids is 1. The minimum absolute atomic E-state index is 0.00908. The monoisotopic (exact) mass is 424 g/mol. The molecule has 10 heteroatoms. The van der Waals surface area contributed by atoms with E-state index in [1.54, 1.807) is 18.5 Å². The highest BCUT2D eigenvalue weighted by Crippen LogP contribution is 2.21. The van der Waals surface area contributed by atoms with Crippen LogP contribution in [0.1, 0.15) is 22.0 Å². The van der Waals surface area contributed by atoms with Crippen molar-refractivity contribution in [3.05, 3.63) is 69.6 Å². The molecule has 2 N–H and O–H groups in total. The smallest absolute Gasteiger partial charge is 0.252 e. The Morgan fingerprint density at radius 1 is 1.33 bits per heavy atom. The van der Waals surface area contributed by atoms with Gasteiger partial charge in [-0.1, -0.05) is 41.9 Å². The van der Waals surface area contributed by atoms with Crippen LogP contribution in [0.25, 0.3) is 0 Å². The van der Waals surface area contributed by atoms with Crippen molar-refractivity contribution in [2.45, 2.75) is 10.9 Å². The summed E-state index contributed by atoms with van der Waals surface area (Å²) in [5, 5.41) is 8.38. The van der Waals surface area contributed by atoms with E-state index in [1.165, 1.54) is 28.4 Å². The first-order valence-electron chi connectivity index (χ1n) is 7.93. The van der Waals surface area contributed by atoms with Crippen LogP contribution in [-0.4, -0.2) is 30.7 Å². The molecule has 142 valence electrons. The van der Waals surface area contributed by atoms with Crippen LogP contribution in [0.2, 0.25) is 4.34 Å². The molecule has 0 spiro atoms. The molecule has 1 amide bonds. The van der Waals surface area contributed by atoms with Gasteiger partial charge >= 0.3 is 0 Å². The van der Waals surface area contributed by atoms with E-state index in [1.807, 2.05) is 30.3 Å². The first kappa shape index (κ1) is 19.6. The predicted octanol–water partition coefficient (Wildman–Crippen LogP) is 2.58. The standard InChI is InChI=1S/C17H17ClN4O3S2/c1-22-10-14(8-19-22)27(24,25)20-9-15(12-5-3-2-4-6-12)21-17(23)13-7-16(18)26-11-13/h2-8,10-11,15,20H,9H2,1H3,(H,21,23). The largest absolute Gasteiger partial charge is 0.344 e. The van der Waals surface area contributed by atoms with E-state index < -0.39 is 16.1 Å². The molecular formula is C17H17ClN4O3S2. The number of aromatic nitrogens is 2. The first-order valence-corrected chi connectivity index (χ1v) is 10.7. The molecule has 0 fully saturated rings. The van der Waals surface area contributed by atoms with Crippen molar-refractivity contribution in [3.8, 4) is 0 Å². The minimum Gasteiger partial charge on any atom is -0.344 e. The lowest BCUT2D eigenvalue weighted by atomic mass is 10.1. The van der Waals surface area contributed by atoms with Gasteiger partial charge in [0.05, 0.1) is 22.1 Å². The van der Waals surface area contributed by atoms with Crippen LogP contribution >= 0.6 is 22.9 Å². The number of benzene rings is 1. The summed E-state index contributed by atoms with van der Waals surface area (Å²) in [6.07, 6.45) is 2.68. The summed E-state index contributed by atoms with van der Waals surface area (Å²) in [6, 6.07) is 10.2. The maximum atomic E-state index is 12.5. The van der Waals surface area contributed by atoms with E-state index >= 15 is 0 Å². The van der Waals surface area contributed by atoms with Crippen LogP contribution in [0.15, 0.2) is 59.1 Å². The van der Waals surface area contributed by atoms with Gasteiger partial charge in [0.15, 0.2) is 0 Å². The lowest BCUT2D eigenvalue weighted by Gasteiger charge is -2.19. The average Bonchev–Trinajstić information content (AvgIpc) is 3.28. The van der Waals surface area contributed by atoms with E-state index in [-0.39, 0.29) is 17.3 Å². The molecule has 27 heavy (non-hydrogen) atoms. The lowest BCUT2D eigenvalue weighted by molar-refractivity contribution is 0.0937. The molecule has 7 nitrogen and oxygen atoms in total. The highest BCUT2D eigenvalue weighted by molar-refractivity contribution is 7.89. The molecule has 1 unspecified atom stereocenters. The van der Waals surface area contributed by atoms with Crippen LogP contribution in [0.5, 0.6) is 0 Å². The Labute approximate surface area is 166 Å². The Balaban J connectivity index is 1.77. The number of thiophene rings is 1. The number of nitrogens with zero attached hydrogens (tertiary/aromatic N) is 2. The number of hydrogen-bond donors (Lipinski definition) is 2. The summed E-state index contributed by atoms with van der Waals surface area (Å²) < 4.78 is 29.3. The summed E-state index contributed by atoms with van der Waals surface area (Å²) >= 11 is 7.14. The number of sulfonamides is 1. The molecule has 0 aliphatic carbocycles. The Bertz CT molecular complexity index is 1030. The highest BCUT2D eigenvalue weighted by atomic mass is 35.5. The molecule has 0 saturated heterocycles. The zero-order valence-corrected chi connectivity index (χ0v) is 16.7. The van der Waals surface area contributed by atoms with Gasteiger partial charge in [0.2, 0.25) is 10.0 Å². The summed E-state index contributed by atoms with van der Waals surface area (Å²) in [5.74, 6) is -0.326. The van der Waals surface area contributed by atoms with Gasteiger partial charge in [0, 0.05) is 25.2 Å². The van der Waals surface area contributed by atoms with Crippen molar-refractivity contribution < 1.29 is 13.2 Å². The van der Waals surface area contributed by atoms with Crippen LogP contribution in [0.3, 0.4) is 0 Å². The number of carbonyl (C=O) groups is 1. The van der Waals surface area contributed by atoms with Crippen LogP contribution < -0.4 is 10.0 Å². The van der Waals surface area contributed by atoms with Crippen molar-refractivity contribution >= 4 is 38.9 Å². The second-order valence-corrected chi connectivity index (χ2v) is 9.09. The number of aryl methyl sites for hydroxylation is 1. The van der Waals surface area contributed by atoms with Gasteiger partial charge in [-0.15, -0.1) is 11.3 Å². The van der Waals surface area contributed by atoms with Crippen LogP contribution in [0, 0.1) is 0 Å². The lowest BCUT2D eigenvalue weighted by Crippen LogP contribution is -2.37. The van der Waals surface area contributed by atoms with Crippen LogP contribution in [-0.2, 0) is 17.1 Å². The highest BCUT2D eigenvalue weighted by Gasteiger charge is 2.21. The van der Waals surface area contributed by atoms with Gasteiger partial charge in [0.1, 0.15) is 4.90 Å². The second-order valence-electron chi connectivity index (χ2n) is 5.78. The molecule has 3 aromatic rings. The third kappa shape index (κ3) is 4.95. The maximum absolute atomic E-state index is 12.5. The number of hydrogen-bond acceptors (Lipinski definition) is 5. The Morgan fingerprint density at radius 2 is 2.07 bits per heavy atom. The zero-order chi connectivity index (χ0) is 19.4. The van der Waals surface area contributed by atoms with E-state index in [0.717, 1.165) is 5.56 Å². The Kier molecular flexibility index (Phi) is 5.95. The van der Waals surface area contributed by atoms with Gasteiger partial charge in [-0.05, 0) is 11.6 Å². The summed E-state index contributed by atoms with van der Waals surface area (Å²) in [7, 11) is -2.11. The summed E-state index contributed by atoms with van der Waals surface area (Å²) in [4.78, 5) is 12.5. The topological polar surface area (TPSA) is 93.1 Å². The zero-order valence-electron chi connectivity index (χ0n) is 14.3. The molecular weight excluding hydrogens is 408 g/mol. The average molecular weight is 425 g/mol. The fourth-order valence-electron chi connectivity index (χ4n) is 2.42. The van der Waals surface area contributed by atoms with Crippen LogP contribution in [0.4, 0.5) is 0 Å². The molecule has 2 heterocycles. The molecule has 0 aliphatic heterocycles. The molecule has 0 saturated carbocycles. The number of nitrogens with one attached hydrogen (secondary N) is 2. The SMILES string of the molecule is Cn1cc(S(=O)(=O)NCC(NC(=O)c2csc(Cl)c2)c2ccccc2)cn1. The maximum Gasteiger partial charge on any atom is 0.252 e. The third-order valence-electron chi connectivity index (χ3n) is 3.81. The Hall–Kier alpha value is -2.20. The Morgan fingerprint density at radius 3 is 2.67 bits per heavy atom. The molecule has 1 aromatic carbocycles. The van der Waals surface area contributed by atoms with Crippen molar-refractivity contribution in [3.63, 3.8) is 0 Å². The molecule has 1 atom stereocenters. The van der Waals surface area contributed by atoms with E-state index in [2.05, 4.69) is 15.1 Å². The van der Waals surface area contributed by atoms with Gasteiger partial charge in [-0.2, -0.15) is 5.10 Å². The fraction of sp³-hybridized carbons (Fsp3) is 0.176. The molecule has 0 bridgehead atoms. The van der Waals surface area contributed by atoms with E-state index in [4.69, 9.17) is 11.6 Å². The van der Waals surface area contributed by atoms with Crippen molar-refractivity contribution in [1.29, 1.82) is 0 Å². The second kappa shape index (κ2) is 8.22. The van der Waals surface area contributed by atoms with E-state index in [9.17, 15) is 13.2 Å². The number of rotatable bonds is 7. The summed E-state index contributed by atoms with van der Waals surface area (Å²) in [6.45, 7) is -0.00908. The molecule has 0 aliphatic rings. The van der Waals surface area contributed by atoms with Gasteiger partial charge in [-0.3, -0.25) is 9.48 Å². The van der Waals surface area contributed by atoms with E-state index in [0.29, 0.717) is 9.90 Å². The normalized spacial score (nSPS) is 12.7. The van der Waals surface area contributed by atoms with Crippen molar-refractivity contribution in [2.24, 2.45) is 7.05 Å². The quantitative estimate of drug-likeness (QED) is 0.609. The van der Waals surface area contributed by atoms with Crippen molar-refractivity contribution in [1.82, 2.24) is 19.8 Å². The summed E-state index contributed by atoms with van der Waals surface area (Å²) in [5.41, 5.74) is 1.21. The van der Waals surface area contributed by atoms with Gasteiger partial charge in [0.25, 0.3) is 5.91 Å². The fourth-order valence-corrected chi connectivity index (χ4v) is 4.31. The predicted molar refractivity (Wildman–Crippen MR) is 104 cm³/mol. The van der Waals surface area contributed by atoms with Crippen molar-refractivity contribution in [2.75, 3.05) is 6.54 Å². The number of amides is 1. The molecule has 0 radical (unpaired) electrons. The van der Waals surface area contributed by atoms with Gasteiger partial charge < -0.3 is 5.32 Å². The molecule has 2 aromatic heterocycles. The minimum atomic E-state index is -3.74. The van der Waals surface area contributed by atoms with Gasteiger partial charge in [-0.25, -0.2) is 13.1 Å². The third-order valence-corrected chi connectivity index (χ3v) is 6.28. The number of halogens is 1. The molecule has 3 rings (SSSR count). The first-order chi connectivity index (χ1) is 12.8.